The van der Waals surface area contributed by atoms with Crippen LogP contribution in [0.3, 0.4) is 0 Å². The first kappa shape index (κ1) is 15.4. The summed E-state index contributed by atoms with van der Waals surface area (Å²) in [4.78, 5) is 0. The van der Waals surface area contributed by atoms with Crippen LogP contribution in [0.2, 0.25) is 0 Å². The van der Waals surface area contributed by atoms with Crippen LogP contribution < -0.4 is 5.32 Å². The molecule has 0 saturated heterocycles. The first-order valence-corrected chi connectivity index (χ1v) is 7.33. The summed E-state index contributed by atoms with van der Waals surface area (Å²) in [6, 6.07) is 8.43. The lowest BCUT2D eigenvalue weighted by molar-refractivity contribution is -0.141. The zero-order valence-corrected chi connectivity index (χ0v) is 11.8. The van der Waals surface area contributed by atoms with Crippen molar-refractivity contribution >= 4 is 0 Å². The van der Waals surface area contributed by atoms with Gasteiger partial charge in [0.2, 0.25) is 0 Å². The quantitative estimate of drug-likeness (QED) is 0.815. The van der Waals surface area contributed by atoms with E-state index in [-0.39, 0.29) is 6.04 Å². The molecule has 0 radical (unpaired) electrons. The Balaban J connectivity index is 2.06. The summed E-state index contributed by atoms with van der Waals surface area (Å²) in [5, 5.41) is 3.21. The highest BCUT2D eigenvalue weighted by molar-refractivity contribution is 5.19. The summed E-state index contributed by atoms with van der Waals surface area (Å²) in [5.74, 6) is 0.509. The molecule has 1 aromatic rings. The van der Waals surface area contributed by atoms with Gasteiger partial charge in [-0.1, -0.05) is 43.2 Å². The van der Waals surface area contributed by atoms with Gasteiger partial charge in [-0.2, -0.15) is 13.2 Å². The van der Waals surface area contributed by atoms with E-state index in [1.165, 1.54) is 12.8 Å². The van der Waals surface area contributed by atoms with E-state index in [0.29, 0.717) is 5.92 Å². The predicted octanol–water partition coefficient (Wildman–Crippen LogP) is 4.85. The monoisotopic (exact) mass is 285 g/mol. The predicted molar refractivity (Wildman–Crippen MR) is 74.4 cm³/mol. The molecule has 2 unspecified atom stereocenters. The molecule has 0 aliphatic heterocycles. The van der Waals surface area contributed by atoms with Gasteiger partial charge >= 0.3 is 6.18 Å². The summed E-state index contributed by atoms with van der Waals surface area (Å²) >= 11 is 0. The molecule has 1 aromatic carbocycles. The van der Waals surface area contributed by atoms with Crippen molar-refractivity contribution in [2.24, 2.45) is 5.92 Å². The fourth-order valence-electron chi connectivity index (χ4n) is 3.10. The van der Waals surface area contributed by atoms with E-state index in [4.69, 9.17) is 0 Å². The highest BCUT2D eigenvalue weighted by Gasteiger charge is 2.34. The number of hydrogen-bond donors (Lipinski definition) is 1. The number of rotatable bonds is 5. The molecule has 4 heteroatoms. The lowest BCUT2D eigenvalue weighted by Crippen LogP contribution is -2.37. The highest BCUT2D eigenvalue weighted by Crippen LogP contribution is 2.33. The van der Waals surface area contributed by atoms with Crippen LogP contribution in [0.15, 0.2) is 30.3 Å². The molecule has 0 spiro atoms. The van der Waals surface area contributed by atoms with Gasteiger partial charge in [-0.15, -0.1) is 0 Å². The number of hydrogen-bond acceptors (Lipinski definition) is 1. The third-order valence-corrected chi connectivity index (χ3v) is 4.21. The van der Waals surface area contributed by atoms with E-state index in [2.05, 4.69) is 5.32 Å². The number of benzene rings is 1. The van der Waals surface area contributed by atoms with Crippen LogP contribution in [0, 0.1) is 5.92 Å². The smallest absolute Gasteiger partial charge is 0.307 e. The van der Waals surface area contributed by atoms with Gasteiger partial charge in [0.05, 0.1) is 6.42 Å². The maximum atomic E-state index is 12.8. The van der Waals surface area contributed by atoms with E-state index in [9.17, 15) is 13.2 Å². The molecule has 1 aliphatic carbocycles. The van der Waals surface area contributed by atoms with E-state index >= 15 is 0 Å². The first-order valence-electron chi connectivity index (χ1n) is 7.33. The van der Waals surface area contributed by atoms with Gasteiger partial charge in [-0.3, -0.25) is 0 Å². The number of nitrogens with one attached hydrogen (secondary N) is 1. The largest absolute Gasteiger partial charge is 0.390 e. The zero-order chi connectivity index (χ0) is 14.6. The van der Waals surface area contributed by atoms with Crippen LogP contribution in [-0.2, 0) is 0 Å². The summed E-state index contributed by atoms with van der Waals surface area (Å²) < 4.78 is 38.3. The Labute approximate surface area is 118 Å². The second-order valence-electron chi connectivity index (χ2n) is 5.78. The normalized spacial score (nSPS) is 20.0. The van der Waals surface area contributed by atoms with Crippen molar-refractivity contribution in [3.05, 3.63) is 35.9 Å². The topological polar surface area (TPSA) is 12.0 Å². The van der Waals surface area contributed by atoms with E-state index in [1.54, 1.807) is 24.3 Å². The van der Waals surface area contributed by atoms with Gasteiger partial charge in [-0.25, -0.2) is 0 Å². The van der Waals surface area contributed by atoms with Gasteiger partial charge in [0, 0.05) is 12.1 Å². The summed E-state index contributed by atoms with van der Waals surface area (Å²) in [6.07, 6.45) is -0.307. The van der Waals surface area contributed by atoms with Crippen LogP contribution in [0.25, 0.3) is 0 Å². The van der Waals surface area contributed by atoms with E-state index < -0.39 is 18.6 Å². The van der Waals surface area contributed by atoms with Crippen molar-refractivity contribution in [2.75, 3.05) is 0 Å². The van der Waals surface area contributed by atoms with Crippen LogP contribution in [0.1, 0.15) is 50.6 Å². The molecule has 20 heavy (non-hydrogen) atoms. The Bertz CT molecular complexity index is 396. The highest BCUT2D eigenvalue weighted by atomic mass is 19.4. The minimum absolute atomic E-state index is 0.130. The van der Waals surface area contributed by atoms with Gasteiger partial charge in [0.15, 0.2) is 0 Å². The average molecular weight is 285 g/mol. The lowest BCUT2D eigenvalue weighted by Gasteiger charge is -2.28. The molecule has 2 rings (SSSR count). The molecule has 1 saturated carbocycles. The number of halogens is 3. The Morgan fingerprint density at radius 2 is 1.75 bits per heavy atom. The fraction of sp³-hybridized carbons (Fsp3) is 0.625. The Morgan fingerprint density at radius 1 is 1.15 bits per heavy atom. The zero-order valence-electron chi connectivity index (χ0n) is 11.8. The molecule has 1 fully saturated rings. The molecule has 1 aliphatic rings. The Hall–Kier alpha value is -1.03. The summed E-state index contributed by atoms with van der Waals surface area (Å²) in [6.45, 7) is 2.02. The van der Waals surface area contributed by atoms with Gasteiger partial charge in [-0.05, 0) is 31.2 Å². The average Bonchev–Trinajstić information content (AvgIpc) is 2.91. The Morgan fingerprint density at radius 3 is 2.30 bits per heavy atom. The lowest BCUT2D eigenvalue weighted by atomic mass is 9.96. The van der Waals surface area contributed by atoms with Crippen LogP contribution in [0.4, 0.5) is 13.2 Å². The minimum atomic E-state index is -4.15. The van der Waals surface area contributed by atoms with Crippen LogP contribution >= 0.6 is 0 Å². The summed E-state index contributed by atoms with van der Waals surface area (Å²) in [7, 11) is 0. The molecule has 0 amide bonds. The van der Waals surface area contributed by atoms with Crippen molar-refractivity contribution in [2.45, 2.75) is 57.3 Å². The molecule has 0 bridgehead atoms. The molecule has 2 atom stereocenters. The second-order valence-corrected chi connectivity index (χ2v) is 5.78. The standard InChI is InChI=1S/C16H22F3N/c1-12(13-7-5-6-8-13)20-15(11-16(17,18)19)14-9-3-2-4-10-14/h2-4,9-10,12-13,15,20H,5-8,11H2,1H3. The second kappa shape index (κ2) is 6.61. The SMILES string of the molecule is CC(NC(CC(F)(F)F)c1ccccc1)C1CCCC1. The molecule has 0 aromatic heterocycles. The maximum absolute atomic E-state index is 12.8. The molecular formula is C16H22F3N. The number of alkyl halides is 3. The van der Waals surface area contributed by atoms with Crippen LogP contribution in [0.5, 0.6) is 0 Å². The third kappa shape index (κ3) is 4.51. The third-order valence-electron chi connectivity index (χ3n) is 4.21. The fourth-order valence-corrected chi connectivity index (χ4v) is 3.10. The van der Waals surface area contributed by atoms with Gasteiger partial charge < -0.3 is 5.32 Å². The van der Waals surface area contributed by atoms with Gasteiger partial charge in [0.1, 0.15) is 0 Å². The van der Waals surface area contributed by atoms with Crippen molar-refractivity contribution in [1.82, 2.24) is 5.32 Å². The molecular weight excluding hydrogens is 263 g/mol. The molecule has 1 N–H and O–H groups in total. The van der Waals surface area contributed by atoms with Crippen LogP contribution in [-0.4, -0.2) is 12.2 Å². The Kier molecular flexibility index (Phi) is 5.08. The molecule has 0 heterocycles. The first-order chi connectivity index (χ1) is 9.46. The summed E-state index contributed by atoms with van der Waals surface area (Å²) in [5.41, 5.74) is 0.717. The van der Waals surface area contributed by atoms with Gasteiger partial charge in [0.25, 0.3) is 0 Å². The van der Waals surface area contributed by atoms with Crippen molar-refractivity contribution in [3.63, 3.8) is 0 Å². The van der Waals surface area contributed by atoms with E-state index in [1.807, 2.05) is 13.0 Å². The molecule has 1 nitrogen and oxygen atoms in total. The van der Waals surface area contributed by atoms with Crippen molar-refractivity contribution in [1.29, 1.82) is 0 Å². The molecule has 112 valence electrons. The van der Waals surface area contributed by atoms with Crippen molar-refractivity contribution < 1.29 is 13.2 Å². The minimum Gasteiger partial charge on any atom is -0.307 e. The van der Waals surface area contributed by atoms with Crippen molar-refractivity contribution in [3.8, 4) is 0 Å². The van der Waals surface area contributed by atoms with E-state index in [0.717, 1.165) is 18.4 Å². The maximum Gasteiger partial charge on any atom is 0.390 e.